The van der Waals surface area contributed by atoms with Gasteiger partial charge in [-0.05, 0) is 29.7 Å². The largest absolute Gasteiger partial charge is 0.480 e. The molecule has 27 heavy (non-hydrogen) atoms. The molecule has 0 radical (unpaired) electrons. The van der Waals surface area contributed by atoms with Crippen LogP contribution in [0.4, 0.5) is 5.69 Å². The van der Waals surface area contributed by atoms with E-state index in [4.69, 9.17) is 5.11 Å². The lowest BCUT2D eigenvalue weighted by atomic mass is 9.84. The molecule has 0 fully saturated rings. The first-order chi connectivity index (χ1) is 12.8. The molecule has 142 valence electrons. The number of nitrogens with one attached hydrogen (secondary N) is 2. The Balaban J connectivity index is 1.92. The number of carbonyl (C=O) groups is 3. The standard InChI is InChI=1S/C21H24N2O4/c1-21(2,13-16-6-4-3-5-7-16)20(27)23-17-10-8-15(9-11-17)12-18(24)22-14-19(25)26/h3-11H,12-14H2,1-2H3,(H,22,24)(H,23,27)(H,25,26). The van der Waals surface area contributed by atoms with Gasteiger partial charge >= 0.3 is 5.97 Å². The second kappa shape index (κ2) is 8.98. The van der Waals surface area contributed by atoms with Crippen LogP contribution in [0.15, 0.2) is 54.6 Å². The van der Waals surface area contributed by atoms with Crippen molar-refractivity contribution < 1.29 is 19.5 Å². The number of hydrogen-bond donors (Lipinski definition) is 3. The molecule has 6 heteroatoms. The van der Waals surface area contributed by atoms with Crippen molar-refractivity contribution in [3.05, 3.63) is 65.7 Å². The first-order valence-corrected chi connectivity index (χ1v) is 8.69. The summed E-state index contributed by atoms with van der Waals surface area (Å²) in [7, 11) is 0. The van der Waals surface area contributed by atoms with Gasteiger partial charge in [0.25, 0.3) is 0 Å². The predicted molar refractivity (Wildman–Crippen MR) is 103 cm³/mol. The summed E-state index contributed by atoms with van der Waals surface area (Å²) in [6, 6.07) is 16.8. The van der Waals surface area contributed by atoms with Gasteiger partial charge in [0.15, 0.2) is 0 Å². The molecule has 0 aliphatic rings. The highest BCUT2D eigenvalue weighted by atomic mass is 16.4. The van der Waals surface area contributed by atoms with Crippen LogP contribution in [0.25, 0.3) is 0 Å². The molecule has 0 spiro atoms. The van der Waals surface area contributed by atoms with Crippen LogP contribution in [0.3, 0.4) is 0 Å². The molecule has 2 amide bonds. The van der Waals surface area contributed by atoms with Crippen LogP contribution in [0.5, 0.6) is 0 Å². The Morgan fingerprint density at radius 1 is 0.926 bits per heavy atom. The lowest BCUT2D eigenvalue weighted by Crippen LogP contribution is -2.32. The zero-order valence-corrected chi connectivity index (χ0v) is 15.5. The van der Waals surface area contributed by atoms with Crippen LogP contribution < -0.4 is 10.6 Å². The Labute approximate surface area is 158 Å². The zero-order valence-electron chi connectivity index (χ0n) is 15.5. The van der Waals surface area contributed by atoms with E-state index in [0.29, 0.717) is 12.1 Å². The molecule has 0 bridgehead atoms. The van der Waals surface area contributed by atoms with Gasteiger partial charge < -0.3 is 15.7 Å². The van der Waals surface area contributed by atoms with E-state index < -0.39 is 17.9 Å². The normalized spacial score (nSPS) is 10.9. The van der Waals surface area contributed by atoms with Gasteiger partial charge in [-0.1, -0.05) is 56.3 Å². The molecular weight excluding hydrogens is 344 g/mol. The van der Waals surface area contributed by atoms with E-state index >= 15 is 0 Å². The molecular formula is C21H24N2O4. The maximum atomic E-state index is 12.6. The molecule has 2 aromatic rings. The fourth-order valence-corrected chi connectivity index (χ4v) is 2.61. The Hall–Kier alpha value is -3.15. The van der Waals surface area contributed by atoms with E-state index in [2.05, 4.69) is 10.6 Å². The third-order valence-electron chi connectivity index (χ3n) is 4.12. The highest BCUT2D eigenvalue weighted by molar-refractivity contribution is 5.95. The molecule has 2 rings (SSSR count). The highest BCUT2D eigenvalue weighted by Gasteiger charge is 2.27. The summed E-state index contributed by atoms with van der Waals surface area (Å²) in [6.45, 7) is 3.40. The Bertz CT molecular complexity index is 799. The van der Waals surface area contributed by atoms with Crippen molar-refractivity contribution in [3.8, 4) is 0 Å². The fourth-order valence-electron chi connectivity index (χ4n) is 2.61. The Morgan fingerprint density at radius 3 is 2.15 bits per heavy atom. The fraction of sp³-hybridized carbons (Fsp3) is 0.286. The van der Waals surface area contributed by atoms with Gasteiger partial charge in [0, 0.05) is 11.1 Å². The second-order valence-electron chi connectivity index (χ2n) is 7.04. The summed E-state index contributed by atoms with van der Waals surface area (Å²) in [5.41, 5.74) is 1.91. The van der Waals surface area contributed by atoms with Crippen LogP contribution in [-0.4, -0.2) is 29.4 Å². The number of aliphatic carboxylic acids is 1. The van der Waals surface area contributed by atoms with Crippen molar-refractivity contribution in [1.82, 2.24) is 5.32 Å². The number of rotatable bonds is 8. The average Bonchev–Trinajstić information content (AvgIpc) is 2.62. The van der Waals surface area contributed by atoms with E-state index in [1.165, 1.54) is 0 Å². The maximum Gasteiger partial charge on any atom is 0.322 e. The van der Waals surface area contributed by atoms with Gasteiger partial charge in [-0.2, -0.15) is 0 Å². The van der Waals surface area contributed by atoms with Crippen LogP contribution in [-0.2, 0) is 27.2 Å². The number of carboxylic acid groups (broad SMARTS) is 1. The summed E-state index contributed by atoms with van der Waals surface area (Å²) in [6.07, 6.45) is 0.711. The van der Waals surface area contributed by atoms with Gasteiger partial charge in [0.05, 0.1) is 6.42 Å². The van der Waals surface area contributed by atoms with Gasteiger partial charge in [0.2, 0.25) is 11.8 Å². The number of hydrogen-bond acceptors (Lipinski definition) is 3. The molecule has 0 aromatic heterocycles. The lowest BCUT2D eigenvalue weighted by molar-refractivity contribution is -0.137. The van der Waals surface area contributed by atoms with Crippen molar-refractivity contribution >= 4 is 23.5 Å². The van der Waals surface area contributed by atoms with Crippen molar-refractivity contribution in [1.29, 1.82) is 0 Å². The molecule has 0 aliphatic carbocycles. The minimum atomic E-state index is -1.08. The monoisotopic (exact) mass is 368 g/mol. The molecule has 6 nitrogen and oxygen atoms in total. The van der Waals surface area contributed by atoms with E-state index in [-0.39, 0.29) is 18.2 Å². The highest BCUT2D eigenvalue weighted by Crippen LogP contribution is 2.24. The number of carbonyl (C=O) groups excluding carboxylic acids is 2. The topological polar surface area (TPSA) is 95.5 Å². The third kappa shape index (κ3) is 6.58. The predicted octanol–water partition coefficient (Wildman–Crippen LogP) is 2.64. The van der Waals surface area contributed by atoms with Crippen molar-refractivity contribution in [3.63, 3.8) is 0 Å². The smallest absolute Gasteiger partial charge is 0.322 e. The van der Waals surface area contributed by atoms with Gasteiger partial charge in [-0.25, -0.2) is 0 Å². The zero-order chi connectivity index (χ0) is 19.9. The summed E-state index contributed by atoms with van der Waals surface area (Å²) in [4.78, 5) is 34.7. The molecule has 0 atom stereocenters. The van der Waals surface area contributed by atoms with E-state index in [9.17, 15) is 14.4 Å². The average molecular weight is 368 g/mol. The Kier molecular flexibility index (Phi) is 6.71. The van der Waals surface area contributed by atoms with E-state index in [1.54, 1.807) is 24.3 Å². The quantitative estimate of drug-likeness (QED) is 0.667. The molecule has 0 aliphatic heterocycles. The SMILES string of the molecule is CC(C)(Cc1ccccc1)C(=O)Nc1ccc(CC(=O)NCC(=O)O)cc1. The van der Waals surface area contributed by atoms with Gasteiger partial charge in [-0.15, -0.1) is 0 Å². The van der Waals surface area contributed by atoms with Crippen LogP contribution in [0, 0.1) is 5.41 Å². The molecule has 0 unspecified atom stereocenters. The van der Waals surface area contributed by atoms with Crippen molar-refractivity contribution in [2.24, 2.45) is 5.41 Å². The molecule has 0 heterocycles. The second-order valence-corrected chi connectivity index (χ2v) is 7.04. The van der Waals surface area contributed by atoms with Crippen LogP contribution >= 0.6 is 0 Å². The lowest BCUT2D eigenvalue weighted by Gasteiger charge is -2.23. The van der Waals surface area contributed by atoms with Crippen molar-refractivity contribution in [2.45, 2.75) is 26.7 Å². The van der Waals surface area contributed by atoms with Gasteiger partial charge in [0.1, 0.15) is 6.54 Å². The first-order valence-electron chi connectivity index (χ1n) is 8.69. The summed E-state index contributed by atoms with van der Waals surface area (Å²) >= 11 is 0. The minimum Gasteiger partial charge on any atom is -0.480 e. The molecule has 0 saturated carbocycles. The molecule has 2 aromatic carbocycles. The third-order valence-corrected chi connectivity index (χ3v) is 4.12. The van der Waals surface area contributed by atoms with Gasteiger partial charge in [-0.3, -0.25) is 14.4 Å². The molecule has 0 saturated heterocycles. The maximum absolute atomic E-state index is 12.6. The van der Waals surface area contributed by atoms with E-state index in [0.717, 1.165) is 11.1 Å². The van der Waals surface area contributed by atoms with E-state index in [1.807, 2.05) is 44.2 Å². The minimum absolute atomic E-state index is 0.0843. The summed E-state index contributed by atoms with van der Waals surface area (Å²) in [5.74, 6) is -1.53. The van der Waals surface area contributed by atoms with Crippen molar-refractivity contribution in [2.75, 3.05) is 11.9 Å². The Morgan fingerprint density at radius 2 is 1.56 bits per heavy atom. The number of carboxylic acids is 1. The number of amides is 2. The van der Waals surface area contributed by atoms with Crippen LogP contribution in [0.2, 0.25) is 0 Å². The number of benzene rings is 2. The molecule has 3 N–H and O–H groups in total. The summed E-state index contributed by atoms with van der Waals surface area (Å²) in [5, 5.41) is 13.8. The first kappa shape index (κ1) is 20.2. The number of anilines is 1. The van der Waals surface area contributed by atoms with Crippen LogP contribution in [0.1, 0.15) is 25.0 Å². The summed E-state index contributed by atoms with van der Waals surface area (Å²) < 4.78 is 0.